The van der Waals surface area contributed by atoms with E-state index in [0.717, 1.165) is 0 Å². The average Bonchev–Trinajstić information content (AvgIpc) is 3.07. The second-order valence-corrected chi connectivity index (χ2v) is 9.59. The summed E-state index contributed by atoms with van der Waals surface area (Å²) in [5.74, 6) is -1.23. The minimum absolute atomic E-state index is 0.00695. The number of hydrogen-bond acceptors (Lipinski definition) is 4. The number of nitrogens with one attached hydrogen (secondary N) is 1. The minimum Gasteiger partial charge on any atom is -0.364 e. The number of amides is 2. The summed E-state index contributed by atoms with van der Waals surface area (Å²) >= 11 is 11.8. The molecule has 0 atom stereocenters. The number of benzene rings is 1. The van der Waals surface area contributed by atoms with Gasteiger partial charge in [-0.2, -0.15) is 4.31 Å². The monoisotopic (exact) mass is 458 g/mol. The van der Waals surface area contributed by atoms with Gasteiger partial charge in [-0.1, -0.05) is 23.2 Å². The van der Waals surface area contributed by atoms with Crippen molar-refractivity contribution in [1.29, 1.82) is 0 Å². The molecule has 29 heavy (non-hydrogen) atoms. The number of halogens is 2. The van der Waals surface area contributed by atoms with E-state index < -0.39 is 15.9 Å². The maximum Gasteiger partial charge on any atom is 0.265 e. The molecule has 0 radical (unpaired) electrons. The van der Waals surface area contributed by atoms with Crippen LogP contribution in [0.4, 0.5) is 5.69 Å². The summed E-state index contributed by atoms with van der Waals surface area (Å²) in [6, 6.07) is 6.07. The van der Waals surface area contributed by atoms with E-state index in [1.165, 1.54) is 21.1 Å². The molecule has 8 nitrogen and oxygen atoms in total. The molecule has 156 valence electrons. The Morgan fingerprint density at radius 3 is 2.34 bits per heavy atom. The Kier molecular flexibility index (Phi) is 6.23. The molecule has 3 N–H and O–H groups in total. The molecule has 1 fully saturated rings. The number of piperidine rings is 1. The fourth-order valence-electron chi connectivity index (χ4n) is 3.25. The zero-order valence-corrected chi connectivity index (χ0v) is 17.9. The summed E-state index contributed by atoms with van der Waals surface area (Å²) in [6.07, 6.45) is 2.11. The van der Waals surface area contributed by atoms with Crippen LogP contribution in [0.1, 0.15) is 23.3 Å². The van der Waals surface area contributed by atoms with Crippen LogP contribution in [0.15, 0.2) is 35.4 Å². The summed E-state index contributed by atoms with van der Waals surface area (Å²) in [4.78, 5) is 23.9. The van der Waals surface area contributed by atoms with Crippen LogP contribution >= 0.6 is 23.2 Å². The van der Waals surface area contributed by atoms with Crippen molar-refractivity contribution in [3.05, 3.63) is 46.2 Å². The molecule has 1 aliphatic heterocycles. The van der Waals surface area contributed by atoms with E-state index in [1.54, 1.807) is 25.2 Å². The number of carbonyl (C=O) groups excluding carboxylic acids is 2. The Morgan fingerprint density at radius 2 is 1.79 bits per heavy atom. The smallest absolute Gasteiger partial charge is 0.265 e. The molecule has 0 saturated carbocycles. The Morgan fingerprint density at radius 1 is 1.14 bits per heavy atom. The molecule has 0 aliphatic carbocycles. The summed E-state index contributed by atoms with van der Waals surface area (Å²) in [5.41, 5.74) is 5.89. The van der Waals surface area contributed by atoms with Crippen molar-refractivity contribution in [2.75, 3.05) is 18.4 Å². The third-order valence-electron chi connectivity index (χ3n) is 4.88. The van der Waals surface area contributed by atoms with Gasteiger partial charge in [-0.05, 0) is 37.1 Å². The molecule has 3 rings (SSSR count). The summed E-state index contributed by atoms with van der Waals surface area (Å²) in [5, 5.41) is 3.51. The van der Waals surface area contributed by atoms with Crippen LogP contribution in [0, 0.1) is 5.92 Å². The first kappa shape index (κ1) is 21.6. The molecule has 0 spiro atoms. The first-order valence-corrected chi connectivity index (χ1v) is 11.0. The lowest BCUT2D eigenvalue weighted by atomic mass is 9.97. The van der Waals surface area contributed by atoms with Crippen molar-refractivity contribution in [3.63, 3.8) is 0 Å². The standard InChI is InChI=1S/C18H20Cl2N4O4S/c1-23-10-13(9-16(23)17(21)25)29(27,28)24-6-4-11(5-7-24)18(26)22-12-2-3-14(19)15(20)8-12/h2-3,8-11H,4-7H2,1H3,(H2,21,25)(H,22,26). The van der Waals surface area contributed by atoms with Crippen LogP contribution in [0.3, 0.4) is 0 Å². The molecule has 1 aromatic carbocycles. The number of aryl methyl sites for hydroxylation is 1. The molecular weight excluding hydrogens is 439 g/mol. The number of nitrogens with zero attached hydrogens (tertiary/aromatic N) is 2. The van der Waals surface area contributed by atoms with Crippen LogP contribution in [0.2, 0.25) is 10.0 Å². The Labute approximate surface area is 178 Å². The number of anilines is 1. The van der Waals surface area contributed by atoms with Crippen molar-refractivity contribution in [3.8, 4) is 0 Å². The topological polar surface area (TPSA) is 114 Å². The van der Waals surface area contributed by atoms with Crippen LogP contribution in [-0.2, 0) is 21.9 Å². The fourth-order valence-corrected chi connectivity index (χ4v) is 5.09. The van der Waals surface area contributed by atoms with Gasteiger partial charge >= 0.3 is 0 Å². The fraction of sp³-hybridized carbons (Fsp3) is 0.333. The number of sulfonamides is 1. The third kappa shape index (κ3) is 4.58. The molecule has 0 unspecified atom stereocenters. The van der Waals surface area contributed by atoms with Crippen molar-refractivity contribution in [1.82, 2.24) is 8.87 Å². The Hall–Kier alpha value is -2.07. The van der Waals surface area contributed by atoms with Crippen molar-refractivity contribution in [2.24, 2.45) is 18.7 Å². The van der Waals surface area contributed by atoms with Gasteiger partial charge in [0.2, 0.25) is 15.9 Å². The SMILES string of the molecule is Cn1cc(S(=O)(=O)N2CCC(C(=O)Nc3ccc(Cl)c(Cl)c3)CC2)cc1C(N)=O. The highest BCUT2D eigenvalue weighted by atomic mass is 35.5. The second-order valence-electron chi connectivity index (χ2n) is 6.83. The molecule has 1 aliphatic rings. The first-order chi connectivity index (χ1) is 13.6. The van der Waals surface area contributed by atoms with Crippen molar-refractivity contribution < 1.29 is 18.0 Å². The molecule has 0 bridgehead atoms. The number of rotatable bonds is 5. The lowest BCUT2D eigenvalue weighted by Crippen LogP contribution is -2.41. The largest absolute Gasteiger partial charge is 0.364 e. The molecule has 1 aromatic heterocycles. The second kappa shape index (κ2) is 8.35. The zero-order valence-electron chi connectivity index (χ0n) is 15.6. The summed E-state index contributed by atoms with van der Waals surface area (Å²) < 4.78 is 28.4. The van der Waals surface area contributed by atoms with Gasteiger partial charge in [0.1, 0.15) is 10.6 Å². The van der Waals surface area contributed by atoms with E-state index in [2.05, 4.69) is 5.32 Å². The van der Waals surface area contributed by atoms with E-state index in [4.69, 9.17) is 28.9 Å². The lowest BCUT2D eigenvalue weighted by Gasteiger charge is -2.30. The van der Waals surface area contributed by atoms with E-state index in [0.29, 0.717) is 28.6 Å². The van der Waals surface area contributed by atoms with Crippen LogP contribution in [0.5, 0.6) is 0 Å². The summed E-state index contributed by atoms with van der Waals surface area (Å²) in [7, 11) is -2.22. The highest BCUT2D eigenvalue weighted by molar-refractivity contribution is 7.89. The lowest BCUT2D eigenvalue weighted by molar-refractivity contribution is -0.120. The van der Waals surface area contributed by atoms with Gasteiger partial charge in [0.15, 0.2) is 0 Å². The van der Waals surface area contributed by atoms with Crippen LogP contribution < -0.4 is 11.1 Å². The van der Waals surface area contributed by atoms with Crippen LogP contribution in [0.25, 0.3) is 0 Å². The van der Waals surface area contributed by atoms with E-state index >= 15 is 0 Å². The molecule has 11 heteroatoms. The van der Waals surface area contributed by atoms with Gasteiger partial charge in [-0.3, -0.25) is 9.59 Å². The Balaban J connectivity index is 1.64. The number of aromatic nitrogens is 1. The van der Waals surface area contributed by atoms with Gasteiger partial charge in [-0.25, -0.2) is 8.42 Å². The zero-order chi connectivity index (χ0) is 21.3. The summed E-state index contributed by atoms with van der Waals surface area (Å²) in [6.45, 7) is 0.394. The van der Waals surface area contributed by atoms with E-state index in [9.17, 15) is 18.0 Å². The van der Waals surface area contributed by atoms with Gasteiger partial charge in [0.25, 0.3) is 5.91 Å². The quantitative estimate of drug-likeness (QED) is 0.715. The van der Waals surface area contributed by atoms with E-state index in [1.807, 2.05) is 0 Å². The van der Waals surface area contributed by atoms with E-state index in [-0.39, 0.29) is 35.5 Å². The predicted octanol–water partition coefficient (Wildman–Crippen LogP) is 2.47. The average molecular weight is 459 g/mol. The first-order valence-electron chi connectivity index (χ1n) is 8.82. The Bertz CT molecular complexity index is 1060. The minimum atomic E-state index is -3.77. The van der Waals surface area contributed by atoms with Gasteiger partial charge in [0.05, 0.1) is 10.0 Å². The van der Waals surface area contributed by atoms with Crippen molar-refractivity contribution >= 4 is 50.7 Å². The molecule has 2 aromatic rings. The maximum atomic E-state index is 12.8. The number of primary amides is 1. The van der Waals surface area contributed by atoms with Crippen molar-refractivity contribution in [2.45, 2.75) is 17.7 Å². The number of hydrogen-bond donors (Lipinski definition) is 2. The van der Waals surface area contributed by atoms with Gasteiger partial charge in [-0.15, -0.1) is 0 Å². The predicted molar refractivity (Wildman–Crippen MR) is 111 cm³/mol. The van der Waals surface area contributed by atoms with Gasteiger partial charge < -0.3 is 15.6 Å². The normalized spacial score (nSPS) is 16.0. The maximum absolute atomic E-state index is 12.8. The number of nitrogens with two attached hydrogens (primary N) is 1. The molecule has 2 amide bonds. The third-order valence-corrected chi connectivity index (χ3v) is 7.48. The highest BCUT2D eigenvalue weighted by Crippen LogP contribution is 2.28. The molecular formula is C18H20Cl2N4O4S. The number of carbonyl (C=O) groups is 2. The van der Waals surface area contributed by atoms with Crippen LogP contribution in [-0.4, -0.2) is 42.2 Å². The molecule has 2 heterocycles. The molecule has 1 saturated heterocycles. The highest BCUT2D eigenvalue weighted by Gasteiger charge is 2.33. The van der Waals surface area contributed by atoms with Gasteiger partial charge in [0, 0.05) is 37.9 Å².